The zero-order chi connectivity index (χ0) is 31.7. The van der Waals surface area contributed by atoms with Gasteiger partial charge in [0.1, 0.15) is 0 Å². The quantitative estimate of drug-likeness (QED) is 0.251. The van der Waals surface area contributed by atoms with Crippen LogP contribution in [0.5, 0.6) is 0 Å². The standard InChI is InChI=1S/C30H33N7O6S/c1-18-7-6-8-19(15-18)17-37-23-24(33(2)30(41)34(3)25(23)38)32-28(37)35-11-13-36(14-12-35)29(44)31-22-16-20(26(39)42-4)9-10-21(22)27(40)43-5/h6-10,15-16H,11-14,17H2,1-5H3,(H,31,44). The van der Waals surface area contributed by atoms with Crippen LogP contribution in [-0.4, -0.2) is 81.0 Å². The minimum absolute atomic E-state index is 0.221. The summed E-state index contributed by atoms with van der Waals surface area (Å²) in [6.45, 7) is 4.43. The van der Waals surface area contributed by atoms with E-state index >= 15 is 0 Å². The first-order valence-electron chi connectivity index (χ1n) is 13.9. The largest absolute Gasteiger partial charge is 0.465 e. The van der Waals surface area contributed by atoms with E-state index in [0.29, 0.717) is 60.6 Å². The lowest BCUT2D eigenvalue weighted by Gasteiger charge is -2.37. The molecule has 230 valence electrons. The Bertz CT molecular complexity index is 1900. The Morgan fingerprint density at radius 2 is 1.66 bits per heavy atom. The molecule has 1 saturated heterocycles. The topological polar surface area (TPSA) is 133 Å². The number of carbonyl (C=O) groups excluding carboxylic acids is 2. The summed E-state index contributed by atoms with van der Waals surface area (Å²) in [5.74, 6) is -0.549. The third kappa shape index (κ3) is 5.67. The van der Waals surface area contributed by atoms with E-state index in [0.717, 1.165) is 15.7 Å². The first-order chi connectivity index (χ1) is 21.0. The Hall–Kier alpha value is -4.98. The molecule has 13 nitrogen and oxygen atoms in total. The van der Waals surface area contributed by atoms with Gasteiger partial charge in [-0.25, -0.2) is 14.4 Å². The maximum Gasteiger partial charge on any atom is 0.339 e. The highest BCUT2D eigenvalue weighted by molar-refractivity contribution is 7.80. The first kappa shape index (κ1) is 30.5. The normalized spacial score (nSPS) is 13.2. The number of benzene rings is 2. The molecule has 5 rings (SSSR count). The van der Waals surface area contributed by atoms with Crippen molar-refractivity contribution in [1.29, 1.82) is 0 Å². The summed E-state index contributed by atoms with van der Waals surface area (Å²) < 4.78 is 14.1. The van der Waals surface area contributed by atoms with Crippen LogP contribution in [-0.2, 0) is 30.1 Å². The molecule has 0 saturated carbocycles. The zero-order valence-corrected chi connectivity index (χ0v) is 25.9. The monoisotopic (exact) mass is 619 g/mol. The predicted molar refractivity (Wildman–Crippen MR) is 170 cm³/mol. The van der Waals surface area contributed by atoms with Gasteiger partial charge in [-0.1, -0.05) is 29.8 Å². The van der Waals surface area contributed by atoms with Crippen LogP contribution in [0, 0.1) is 6.92 Å². The number of nitrogens with one attached hydrogen (secondary N) is 1. The van der Waals surface area contributed by atoms with E-state index in [2.05, 4.69) is 16.3 Å². The summed E-state index contributed by atoms with van der Waals surface area (Å²) in [6.07, 6.45) is 0. The molecule has 1 aliphatic rings. The molecule has 1 aliphatic heterocycles. The molecule has 3 heterocycles. The number of aromatic nitrogens is 4. The Morgan fingerprint density at radius 1 is 0.955 bits per heavy atom. The van der Waals surface area contributed by atoms with Gasteiger partial charge in [-0.05, 0) is 42.9 Å². The van der Waals surface area contributed by atoms with Crippen molar-refractivity contribution in [1.82, 2.24) is 23.6 Å². The molecule has 0 unspecified atom stereocenters. The molecule has 0 aliphatic carbocycles. The smallest absolute Gasteiger partial charge is 0.339 e. The number of imidazole rings is 1. The number of fused-ring (bicyclic) bond motifs is 1. The number of rotatable bonds is 6. The van der Waals surface area contributed by atoms with Crippen molar-refractivity contribution in [2.45, 2.75) is 13.5 Å². The molecule has 2 aromatic carbocycles. The van der Waals surface area contributed by atoms with Gasteiger partial charge in [0.2, 0.25) is 5.95 Å². The van der Waals surface area contributed by atoms with E-state index in [9.17, 15) is 19.2 Å². The number of ether oxygens (including phenoxy) is 2. The Kier molecular flexibility index (Phi) is 8.54. The highest BCUT2D eigenvalue weighted by Crippen LogP contribution is 2.24. The number of methoxy groups -OCH3 is 2. The minimum atomic E-state index is -0.579. The summed E-state index contributed by atoms with van der Waals surface area (Å²) in [5.41, 5.74) is 2.71. The van der Waals surface area contributed by atoms with Gasteiger partial charge in [-0.3, -0.25) is 18.5 Å². The van der Waals surface area contributed by atoms with E-state index in [4.69, 9.17) is 26.7 Å². The molecule has 14 heteroatoms. The molecule has 2 aromatic heterocycles. The molecule has 0 spiro atoms. The molecule has 44 heavy (non-hydrogen) atoms. The van der Waals surface area contributed by atoms with E-state index in [1.165, 1.54) is 44.0 Å². The Morgan fingerprint density at radius 3 is 2.32 bits per heavy atom. The third-order valence-electron chi connectivity index (χ3n) is 7.69. The van der Waals surface area contributed by atoms with Gasteiger partial charge in [0, 0.05) is 40.3 Å². The van der Waals surface area contributed by atoms with Crippen LogP contribution in [0.1, 0.15) is 31.8 Å². The van der Waals surface area contributed by atoms with Crippen molar-refractivity contribution in [2.75, 3.05) is 50.6 Å². The van der Waals surface area contributed by atoms with Crippen LogP contribution >= 0.6 is 12.2 Å². The van der Waals surface area contributed by atoms with E-state index in [1.807, 2.05) is 34.6 Å². The number of piperazine rings is 1. The van der Waals surface area contributed by atoms with Crippen molar-refractivity contribution < 1.29 is 19.1 Å². The Balaban J connectivity index is 1.42. The molecular formula is C30H33N7O6S. The van der Waals surface area contributed by atoms with Gasteiger partial charge < -0.3 is 24.6 Å². The lowest BCUT2D eigenvalue weighted by molar-refractivity contribution is 0.0587. The molecule has 0 atom stereocenters. The lowest BCUT2D eigenvalue weighted by atomic mass is 10.1. The van der Waals surface area contributed by atoms with E-state index < -0.39 is 23.2 Å². The van der Waals surface area contributed by atoms with Crippen LogP contribution in [0.15, 0.2) is 52.1 Å². The number of carbonyl (C=O) groups is 2. The third-order valence-corrected chi connectivity index (χ3v) is 8.05. The van der Waals surface area contributed by atoms with Crippen molar-refractivity contribution in [2.24, 2.45) is 14.1 Å². The van der Waals surface area contributed by atoms with Gasteiger partial charge in [0.05, 0.1) is 37.6 Å². The van der Waals surface area contributed by atoms with Crippen molar-refractivity contribution in [3.05, 3.63) is 85.6 Å². The summed E-state index contributed by atoms with van der Waals surface area (Å²) in [5, 5.41) is 3.46. The fourth-order valence-corrected chi connectivity index (χ4v) is 5.60. The first-order valence-corrected chi connectivity index (χ1v) is 14.3. The number of hydrogen-bond acceptors (Lipinski definition) is 9. The molecule has 1 N–H and O–H groups in total. The van der Waals surface area contributed by atoms with Crippen LogP contribution in [0.4, 0.5) is 11.6 Å². The second-order valence-corrected chi connectivity index (χ2v) is 10.9. The lowest BCUT2D eigenvalue weighted by Crippen LogP contribution is -2.50. The van der Waals surface area contributed by atoms with Crippen LogP contribution < -0.4 is 21.5 Å². The maximum atomic E-state index is 13.3. The highest BCUT2D eigenvalue weighted by Gasteiger charge is 2.27. The number of nitrogens with zero attached hydrogens (tertiary/aromatic N) is 6. The fraction of sp³-hybridized carbons (Fsp3) is 0.333. The second-order valence-electron chi connectivity index (χ2n) is 10.5. The fourth-order valence-electron chi connectivity index (χ4n) is 5.30. The number of hydrogen-bond donors (Lipinski definition) is 1. The maximum absolute atomic E-state index is 13.3. The number of esters is 2. The number of anilines is 2. The van der Waals surface area contributed by atoms with Crippen molar-refractivity contribution in [3.8, 4) is 0 Å². The van der Waals surface area contributed by atoms with Gasteiger partial charge in [-0.15, -0.1) is 0 Å². The van der Waals surface area contributed by atoms with Crippen molar-refractivity contribution in [3.63, 3.8) is 0 Å². The number of aryl methyl sites for hydroxylation is 2. The van der Waals surface area contributed by atoms with E-state index in [1.54, 1.807) is 7.05 Å². The molecular weight excluding hydrogens is 586 g/mol. The van der Waals surface area contributed by atoms with Gasteiger partial charge >= 0.3 is 17.6 Å². The SMILES string of the molecule is COC(=O)c1ccc(C(=O)OC)c(NC(=S)N2CCN(c3nc4c(c(=O)n(C)c(=O)n4C)n3Cc3cccc(C)c3)CC2)c1. The minimum Gasteiger partial charge on any atom is -0.465 e. The average Bonchev–Trinajstić information content (AvgIpc) is 3.41. The summed E-state index contributed by atoms with van der Waals surface area (Å²) in [4.78, 5) is 59.4. The summed E-state index contributed by atoms with van der Waals surface area (Å²) in [7, 11) is 5.63. The molecule has 4 aromatic rings. The molecule has 0 radical (unpaired) electrons. The van der Waals surface area contributed by atoms with Crippen LogP contribution in [0.3, 0.4) is 0 Å². The van der Waals surface area contributed by atoms with E-state index in [-0.39, 0.29) is 11.1 Å². The summed E-state index contributed by atoms with van der Waals surface area (Å²) in [6, 6.07) is 12.5. The summed E-state index contributed by atoms with van der Waals surface area (Å²) >= 11 is 5.70. The van der Waals surface area contributed by atoms with Crippen LogP contribution in [0.2, 0.25) is 0 Å². The van der Waals surface area contributed by atoms with Crippen LogP contribution in [0.25, 0.3) is 11.2 Å². The van der Waals surface area contributed by atoms with Gasteiger partial charge in [-0.2, -0.15) is 4.98 Å². The predicted octanol–water partition coefficient (Wildman–Crippen LogP) is 1.88. The number of thiocarbonyl (C=S) groups is 1. The van der Waals surface area contributed by atoms with Crippen molar-refractivity contribution >= 4 is 52.1 Å². The highest BCUT2D eigenvalue weighted by atomic mass is 32.1. The molecule has 1 fully saturated rings. The molecule has 0 amide bonds. The second kappa shape index (κ2) is 12.3. The molecule has 0 bridgehead atoms. The van der Waals surface area contributed by atoms with Gasteiger partial charge in [0.25, 0.3) is 5.56 Å². The zero-order valence-electron chi connectivity index (χ0n) is 25.1. The average molecular weight is 620 g/mol. The van der Waals surface area contributed by atoms with Gasteiger partial charge in [0.15, 0.2) is 16.3 Å². The Labute approximate surface area is 258 Å².